The summed E-state index contributed by atoms with van der Waals surface area (Å²) >= 11 is 6.10. The van der Waals surface area contributed by atoms with Crippen molar-refractivity contribution in [1.29, 1.82) is 0 Å². The fraction of sp³-hybridized carbons (Fsp3) is 0.524. The Morgan fingerprint density at radius 1 is 1.15 bits per heavy atom. The van der Waals surface area contributed by atoms with Gasteiger partial charge in [0.25, 0.3) is 5.91 Å². The van der Waals surface area contributed by atoms with Crippen LogP contribution < -0.4 is 10.1 Å². The summed E-state index contributed by atoms with van der Waals surface area (Å²) in [7, 11) is 0. The Morgan fingerprint density at radius 3 is 2.48 bits per heavy atom. The summed E-state index contributed by atoms with van der Waals surface area (Å²) in [6.07, 6.45) is 9.28. The molecule has 0 unspecified atom stereocenters. The lowest BCUT2D eigenvalue weighted by molar-refractivity contribution is -0.0168. The summed E-state index contributed by atoms with van der Waals surface area (Å²) < 4.78 is 7.31. The Hall–Kier alpha value is -2.01. The maximum absolute atomic E-state index is 12.8. The molecule has 1 amide bonds. The van der Waals surface area contributed by atoms with Gasteiger partial charge in [0.05, 0.1) is 5.02 Å². The number of halogens is 1. The SMILES string of the molecule is O=C(NC12CC3CC(CC(C3)C1)C2)c1ccn(COc2ccccc2Cl)n1. The fourth-order valence-electron chi connectivity index (χ4n) is 5.82. The van der Waals surface area contributed by atoms with Crippen LogP contribution in [0.5, 0.6) is 5.75 Å². The van der Waals surface area contributed by atoms with Gasteiger partial charge in [-0.3, -0.25) is 4.79 Å². The van der Waals surface area contributed by atoms with E-state index in [-0.39, 0.29) is 18.2 Å². The number of amides is 1. The van der Waals surface area contributed by atoms with Gasteiger partial charge < -0.3 is 10.1 Å². The monoisotopic (exact) mass is 385 g/mol. The average molecular weight is 386 g/mol. The number of carbonyl (C=O) groups excluding carboxylic acids is 1. The number of aromatic nitrogens is 2. The second-order valence-corrected chi connectivity index (χ2v) is 9.00. The minimum Gasteiger partial charge on any atom is -0.470 e. The first kappa shape index (κ1) is 17.1. The van der Waals surface area contributed by atoms with Crippen LogP contribution in [-0.2, 0) is 6.73 Å². The third kappa shape index (κ3) is 3.33. The van der Waals surface area contributed by atoms with Crippen molar-refractivity contribution in [3.63, 3.8) is 0 Å². The Kier molecular flexibility index (Phi) is 4.15. The number of carbonyl (C=O) groups is 1. The van der Waals surface area contributed by atoms with Crippen LogP contribution in [0.4, 0.5) is 0 Å². The number of nitrogens with one attached hydrogen (secondary N) is 1. The smallest absolute Gasteiger partial charge is 0.272 e. The number of hydrogen-bond donors (Lipinski definition) is 1. The Labute approximate surface area is 164 Å². The lowest BCUT2D eigenvalue weighted by Gasteiger charge is -2.56. The van der Waals surface area contributed by atoms with Crippen molar-refractivity contribution in [3.05, 3.63) is 47.2 Å². The minimum absolute atomic E-state index is 0.00365. The van der Waals surface area contributed by atoms with Crippen molar-refractivity contribution in [3.8, 4) is 5.75 Å². The standard InChI is InChI=1S/C21H24ClN3O2/c22-17-3-1-2-4-19(17)27-13-25-6-5-18(24-25)20(26)23-21-10-14-7-15(11-21)9-16(8-14)12-21/h1-6,14-16H,7-13H2,(H,23,26). The molecule has 4 fully saturated rings. The molecule has 2 aromatic rings. The maximum atomic E-state index is 12.8. The largest absolute Gasteiger partial charge is 0.470 e. The quantitative estimate of drug-likeness (QED) is 0.836. The summed E-state index contributed by atoms with van der Waals surface area (Å²) in [6.45, 7) is 0.217. The number of benzene rings is 1. The van der Waals surface area contributed by atoms with Crippen LogP contribution in [0.25, 0.3) is 0 Å². The van der Waals surface area contributed by atoms with Gasteiger partial charge in [-0.1, -0.05) is 23.7 Å². The summed E-state index contributed by atoms with van der Waals surface area (Å²) in [4.78, 5) is 12.8. The number of rotatable bonds is 5. The van der Waals surface area contributed by atoms with Gasteiger partial charge in [0.2, 0.25) is 0 Å². The van der Waals surface area contributed by atoms with E-state index in [0.29, 0.717) is 16.5 Å². The molecule has 0 spiro atoms. The molecule has 1 heterocycles. The number of ether oxygens (including phenoxy) is 1. The molecule has 1 aromatic carbocycles. The Balaban J connectivity index is 1.23. The van der Waals surface area contributed by atoms with E-state index in [1.54, 1.807) is 23.0 Å². The number of para-hydroxylation sites is 1. The first-order valence-corrected chi connectivity index (χ1v) is 10.2. The van der Waals surface area contributed by atoms with Gasteiger partial charge in [-0.25, -0.2) is 4.68 Å². The number of nitrogens with zero attached hydrogens (tertiary/aromatic N) is 2. The second kappa shape index (κ2) is 6.55. The molecule has 6 rings (SSSR count). The maximum Gasteiger partial charge on any atom is 0.272 e. The molecule has 1 N–H and O–H groups in total. The normalized spacial score (nSPS) is 31.1. The van der Waals surface area contributed by atoms with E-state index in [1.165, 1.54) is 19.3 Å². The van der Waals surface area contributed by atoms with Crippen molar-refractivity contribution >= 4 is 17.5 Å². The molecule has 27 heavy (non-hydrogen) atoms. The third-order valence-electron chi connectivity index (χ3n) is 6.48. The highest BCUT2D eigenvalue weighted by Crippen LogP contribution is 2.55. The highest BCUT2D eigenvalue weighted by molar-refractivity contribution is 6.32. The number of hydrogen-bond acceptors (Lipinski definition) is 3. The lowest BCUT2D eigenvalue weighted by Crippen LogP contribution is -2.59. The topological polar surface area (TPSA) is 56.2 Å². The Bertz CT molecular complexity index is 827. The van der Waals surface area contributed by atoms with Crippen LogP contribution in [0, 0.1) is 17.8 Å². The van der Waals surface area contributed by atoms with Crippen molar-refractivity contribution in [2.24, 2.45) is 17.8 Å². The highest BCUT2D eigenvalue weighted by Gasteiger charge is 2.51. The van der Waals surface area contributed by atoms with Gasteiger partial charge in [-0.05, 0) is 74.5 Å². The van der Waals surface area contributed by atoms with Crippen LogP contribution in [0.2, 0.25) is 5.02 Å². The van der Waals surface area contributed by atoms with E-state index >= 15 is 0 Å². The molecule has 0 atom stereocenters. The summed E-state index contributed by atoms with van der Waals surface area (Å²) in [5.41, 5.74) is 0.456. The van der Waals surface area contributed by atoms with Gasteiger partial charge in [-0.2, -0.15) is 5.10 Å². The van der Waals surface area contributed by atoms with E-state index in [1.807, 2.05) is 18.2 Å². The molecule has 142 valence electrons. The molecule has 0 aliphatic heterocycles. The van der Waals surface area contributed by atoms with Gasteiger partial charge in [-0.15, -0.1) is 0 Å². The Morgan fingerprint density at radius 2 is 1.81 bits per heavy atom. The molecule has 4 saturated carbocycles. The molecule has 4 bridgehead atoms. The van der Waals surface area contributed by atoms with E-state index in [0.717, 1.165) is 37.0 Å². The molecule has 4 aliphatic rings. The van der Waals surface area contributed by atoms with E-state index in [9.17, 15) is 4.79 Å². The molecule has 5 nitrogen and oxygen atoms in total. The van der Waals surface area contributed by atoms with Crippen LogP contribution in [0.1, 0.15) is 49.0 Å². The van der Waals surface area contributed by atoms with Crippen LogP contribution in [-0.4, -0.2) is 21.2 Å². The van der Waals surface area contributed by atoms with Crippen molar-refractivity contribution in [2.45, 2.75) is 50.8 Å². The predicted molar refractivity (Wildman–Crippen MR) is 103 cm³/mol. The first-order chi connectivity index (χ1) is 13.1. The summed E-state index contributed by atoms with van der Waals surface area (Å²) in [5.74, 6) is 2.96. The highest BCUT2D eigenvalue weighted by atomic mass is 35.5. The average Bonchev–Trinajstić information content (AvgIpc) is 3.09. The van der Waals surface area contributed by atoms with Gasteiger partial charge in [0.1, 0.15) is 11.4 Å². The molecular formula is C21H24ClN3O2. The fourth-order valence-corrected chi connectivity index (χ4v) is 6.01. The van der Waals surface area contributed by atoms with E-state index < -0.39 is 0 Å². The van der Waals surface area contributed by atoms with Gasteiger partial charge >= 0.3 is 0 Å². The van der Waals surface area contributed by atoms with E-state index in [2.05, 4.69) is 10.4 Å². The van der Waals surface area contributed by atoms with Gasteiger partial charge in [0.15, 0.2) is 6.73 Å². The lowest BCUT2D eigenvalue weighted by atomic mass is 9.53. The van der Waals surface area contributed by atoms with Crippen LogP contribution >= 0.6 is 11.6 Å². The van der Waals surface area contributed by atoms with Crippen LogP contribution in [0.3, 0.4) is 0 Å². The van der Waals surface area contributed by atoms with Crippen molar-refractivity contribution in [2.75, 3.05) is 0 Å². The van der Waals surface area contributed by atoms with Gasteiger partial charge in [0, 0.05) is 11.7 Å². The third-order valence-corrected chi connectivity index (χ3v) is 6.79. The predicted octanol–water partition coefficient (Wildman–Crippen LogP) is 4.27. The second-order valence-electron chi connectivity index (χ2n) is 8.60. The molecule has 1 aromatic heterocycles. The summed E-state index contributed by atoms with van der Waals surface area (Å²) in [5, 5.41) is 8.31. The minimum atomic E-state index is -0.0616. The molecule has 0 radical (unpaired) electrons. The zero-order chi connectivity index (χ0) is 18.4. The summed E-state index contributed by atoms with van der Waals surface area (Å²) in [6, 6.07) is 9.08. The zero-order valence-corrected chi connectivity index (χ0v) is 16.0. The van der Waals surface area contributed by atoms with Crippen LogP contribution in [0.15, 0.2) is 36.5 Å². The zero-order valence-electron chi connectivity index (χ0n) is 15.2. The molecule has 6 heteroatoms. The molecular weight excluding hydrogens is 362 g/mol. The molecule has 0 saturated heterocycles. The first-order valence-electron chi connectivity index (χ1n) is 9.82. The van der Waals surface area contributed by atoms with Crippen molar-refractivity contribution < 1.29 is 9.53 Å². The van der Waals surface area contributed by atoms with E-state index in [4.69, 9.17) is 16.3 Å². The molecule has 4 aliphatic carbocycles. The van der Waals surface area contributed by atoms with Crippen molar-refractivity contribution in [1.82, 2.24) is 15.1 Å².